The molecule has 2 heterocycles. The van der Waals surface area contributed by atoms with E-state index in [0.717, 1.165) is 23.0 Å². The molecule has 0 fully saturated rings. The summed E-state index contributed by atoms with van der Waals surface area (Å²) in [4.78, 5) is 26.8. The van der Waals surface area contributed by atoms with Gasteiger partial charge in [0.05, 0.1) is 11.6 Å². The van der Waals surface area contributed by atoms with E-state index in [-0.39, 0.29) is 27.7 Å². The summed E-state index contributed by atoms with van der Waals surface area (Å²) in [5.74, 6) is -0.0896. The summed E-state index contributed by atoms with van der Waals surface area (Å²) in [5, 5.41) is 6.84. The first-order valence-corrected chi connectivity index (χ1v) is 15.9. The first-order chi connectivity index (χ1) is 20.5. The van der Waals surface area contributed by atoms with Gasteiger partial charge in [-0.25, -0.2) is 17.6 Å². The second-order valence-corrected chi connectivity index (χ2v) is 12.8. The van der Waals surface area contributed by atoms with Gasteiger partial charge in [0.2, 0.25) is 0 Å². The number of benzene rings is 3. The van der Waals surface area contributed by atoms with E-state index in [9.17, 15) is 22.4 Å². The molecule has 1 unspecified atom stereocenters. The first-order valence-electron chi connectivity index (χ1n) is 13.7. The van der Waals surface area contributed by atoms with Crippen molar-refractivity contribution in [3.8, 4) is 0 Å². The van der Waals surface area contributed by atoms with Gasteiger partial charge in [0.25, 0.3) is 15.6 Å². The zero-order valence-corrected chi connectivity index (χ0v) is 25.8. The van der Waals surface area contributed by atoms with Crippen molar-refractivity contribution in [3.05, 3.63) is 114 Å². The Bertz CT molecular complexity index is 1910. The normalized spacial score (nSPS) is 14.2. The van der Waals surface area contributed by atoms with Crippen LogP contribution in [0.4, 0.5) is 21.6 Å². The highest BCUT2D eigenvalue weighted by Crippen LogP contribution is 2.30. The number of aromatic nitrogens is 2. The van der Waals surface area contributed by atoms with Crippen LogP contribution in [-0.4, -0.2) is 23.7 Å². The number of anilines is 3. The molecule has 0 bridgehead atoms. The van der Waals surface area contributed by atoms with Crippen molar-refractivity contribution < 1.29 is 12.8 Å². The molecule has 43 heavy (non-hydrogen) atoms. The Balaban J connectivity index is 1.35. The summed E-state index contributed by atoms with van der Waals surface area (Å²) in [6.45, 7) is 3.90. The highest BCUT2D eigenvalue weighted by molar-refractivity contribution is 7.92. The molecule has 4 aromatic rings. The van der Waals surface area contributed by atoms with Crippen LogP contribution in [0.2, 0.25) is 10.0 Å². The Hall–Kier alpha value is -3.80. The van der Waals surface area contributed by atoms with Gasteiger partial charge in [-0.05, 0) is 54.8 Å². The highest BCUT2D eigenvalue weighted by atomic mass is 35.5. The van der Waals surface area contributed by atoms with E-state index in [1.807, 2.05) is 6.92 Å². The van der Waals surface area contributed by atoms with Crippen molar-refractivity contribution in [3.63, 3.8) is 0 Å². The van der Waals surface area contributed by atoms with Crippen molar-refractivity contribution in [1.29, 1.82) is 0 Å². The van der Waals surface area contributed by atoms with E-state index in [0.29, 0.717) is 35.1 Å². The number of hydrogen-bond acceptors (Lipinski definition) is 6. The standard InChI is InChI=1S/C30H30Cl2FN5O4S/c1-3-4-13-37-28-27(29(39)38(30(37)40)17-20-7-5-6-8-24(20)33)34-26(35-28)15-19-9-11-21(12-10-19)36-43(41,42)25-14-18(2)22(31)16-23(25)32/h5-12,14,16,26,34-36H,3-4,13,15,17H2,1-2H3. The minimum atomic E-state index is -3.96. The molecule has 5 rings (SSSR count). The topological polar surface area (TPSA) is 114 Å². The zero-order chi connectivity index (χ0) is 30.9. The van der Waals surface area contributed by atoms with E-state index in [1.54, 1.807) is 49.4 Å². The molecule has 0 saturated heterocycles. The second-order valence-electron chi connectivity index (χ2n) is 10.4. The summed E-state index contributed by atoms with van der Waals surface area (Å²) in [7, 11) is -3.96. The molecule has 0 saturated carbocycles. The molecule has 1 atom stereocenters. The summed E-state index contributed by atoms with van der Waals surface area (Å²) in [6.07, 6.45) is 1.55. The molecule has 9 nitrogen and oxygen atoms in total. The summed E-state index contributed by atoms with van der Waals surface area (Å²) >= 11 is 12.2. The largest absolute Gasteiger partial charge is 0.358 e. The molecule has 13 heteroatoms. The fraction of sp³-hybridized carbons (Fsp3) is 0.267. The predicted octanol–water partition coefficient (Wildman–Crippen LogP) is 5.82. The number of rotatable bonds is 10. The fourth-order valence-electron chi connectivity index (χ4n) is 4.91. The molecule has 0 spiro atoms. The molecule has 226 valence electrons. The summed E-state index contributed by atoms with van der Waals surface area (Å²) in [6, 6.07) is 15.7. The molecule has 3 N–H and O–H groups in total. The highest BCUT2D eigenvalue weighted by Gasteiger charge is 2.29. The van der Waals surface area contributed by atoms with Gasteiger partial charge in [0, 0.05) is 29.2 Å². The third-order valence-corrected chi connectivity index (χ3v) is 9.48. The molecule has 0 aliphatic carbocycles. The van der Waals surface area contributed by atoms with Crippen molar-refractivity contribution >= 4 is 50.4 Å². The first kappa shape index (κ1) is 30.7. The Morgan fingerprint density at radius 2 is 1.70 bits per heavy atom. The number of halogens is 3. The zero-order valence-electron chi connectivity index (χ0n) is 23.5. The Kier molecular flexibility index (Phi) is 8.86. The van der Waals surface area contributed by atoms with Gasteiger partial charge in [-0.1, -0.05) is 66.9 Å². The number of nitrogens with one attached hydrogen (secondary N) is 3. The number of hydrogen-bond donors (Lipinski definition) is 3. The predicted molar refractivity (Wildman–Crippen MR) is 169 cm³/mol. The monoisotopic (exact) mass is 645 g/mol. The van der Waals surface area contributed by atoms with Crippen LogP contribution in [0.1, 0.15) is 36.5 Å². The Morgan fingerprint density at radius 3 is 2.40 bits per heavy atom. The Labute approximate surface area is 258 Å². The van der Waals surface area contributed by atoms with Gasteiger partial charge in [-0.3, -0.25) is 18.7 Å². The lowest BCUT2D eigenvalue weighted by Gasteiger charge is -2.15. The number of nitrogens with zero attached hydrogens (tertiary/aromatic N) is 2. The maximum absolute atomic E-state index is 14.4. The maximum atomic E-state index is 14.4. The van der Waals surface area contributed by atoms with Crippen LogP contribution in [0, 0.1) is 12.7 Å². The molecular weight excluding hydrogens is 616 g/mol. The SMILES string of the molecule is CCCCn1c2c(c(=O)n(Cc3ccccc3F)c1=O)NC(Cc1ccc(NS(=O)(=O)c3cc(C)c(Cl)cc3Cl)cc1)N2. The van der Waals surface area contributed by atoms with Crippen LogP contribution in [-0.2, 0) is 29.5 Å². The van der Waals surface area contributed by atoms with Gasteiger partial charge in [-0.2, -0.15) is 0 Å². The van der Waals surface area contributed by atoms with E-state index in [4.69, 9.17) is 23.2 Å². The van der Waals surface area contributed by atoms with Gasteiger partial charge in [-0.15, -0.1) is 0 Å². The third kappa shape index (κ3) is 6.43. The molecular formula is C30H30Cl2FN5O4S. The summed E-state index contributed by atoms with van der Waals surface area (Å²) in [5.41, 5.74) is 1.21. The summed E-state index contributed by atoms with van der Waals surface area (Å²) < 4.78 is 45.4. The molecule has 1 aromatic heterocycles. The molecule has 0 radical (unpaired) electrons. The van der Waals surface area contributed by atoms with Gasteiger partial charge < -0.3 is 10.6 Å². The van der Waals surface area contributed by atoms with E-state index >= 15 is 0 Å². The maximum Gasteiger partial charge on any atom is 0.332 e. The van der Waals surface area contributed by atoms with Crippen LogP contribution < -0.4 is 26.6 Å². The van der Waals surface area contributed by atoms with E-state index in [2.05, 4.69) is 15.4 Å². The van der Waals surface area contributed by atoms with Crippen LogP contribution in [0.25, 0.3) is 0 Å². The molecule has 1 aliphatic rings. The lowest BCUT2D eigenvalue weighted by Crippen LogP contribution is -2.41. The molecule has 3 aromatic carbocycles. The number of sulfonamides is 1. The lowest BCUT2D eigenvalue weighted by molar-refractivity contribution is 0.547. The minimum absolute atomic E-state index is 0.0167. The number of fused-ring (bicyclic) bond motifs is 1. The van der Waals surface area contributed by atoms with Crippen LogP contribution in [0.15, 0.2) is 75.1 Å². The van der Waals surface area contributed by atoms with Crippen molar-refractivity contribution in [2.24, 2.45) is 0 Å². The fourth-order valence-corrected chi connectivity index (χ4v) is 6.80. The molecule has 0 amide bonds. The number of unbranched alkanes of at least 4 members (excludes halogenated alkanes) is 1. The average molecular weight is 647 g/mol. The third-order valence-electron chi connectivity index (χ3n) is 7.23. The second kappa shape index (κ2) is 12.4. The smallest absolute Gasteiger partial charge is 0.332 e. The average Bonchev–Trinajstić information content (AvgIpc) is 3.38. The van der Waals surface area contributed by atoms with Gasteiger partial charge in [0.1, 0.15) is 28.4 Å². The van der Waals surface area contributed by atoms with Gasteiger partial charge >= 0.3 is 5.69 Å². The molecule has 1 aliphatic heterocycles. The van der Waals surface area contributed by atoms with E-state index < -0.39 is 33.3 Å². The van der Waals surface area contributed by atoms with Crippen LogP contribution in [0.3, 0.4) is 0 Å². The van der Waals surface area contributed by atoms with Crippen LogP contribution >= 0.6 is 23.2 Å². The van der Waals surface area contributed by atoms with Crippen molar-refractivity contribution in [2.75, 3.05) is 15.4 Å². The van der Waals surface area contributed by atoms with Crippen molar-refractivity contribution in [1.82, 2.24) is 9.13 Å². The Morgan fingerprint density at radius 1 is 0.977 bits per heavy atom. The van der Waals surface area contributed by atoms with E-state index in [1.165, 1.54) is 22.8 Å². The van der Waals surface area contributed by atoms with Crippen LogP contribution in [0.5, 0.6) is 0 Å². The quantitative estimate of drug-likeness (QED) is 0.200. The lowest BCUT2D eigenvalue weighted by atomic mass is 10.1. The minimum Gasteiger partial charge on any atom is -0.358 e. The van der Waals surface area contributed by atoms with Gasteiger partial charge in [0.15, 0.2) is 0 Å². The van der Waals surface area contributed by atoms with Crippen molar-refractivity contribution in [2.45, 2.75) is 57.3 Å². The number of aryl methyl sites for hydroxylation is 1.